The molecule has 5 heteroatoms. The normalized spacial score (nSPS) is 12.1. The third-order valence-corrected chi connectivity index (χ3v) is 5.46. The molecule has 0 atom stereocenters. The Bertz CT molecular complexity index is 551. The smallest absolute Gasteiger partial charge is 0.179 e. The molecule has 0 aromatic heterocycles. The van der Waals surface area contributed by atoms with E-state index in [0.717, 1.165) is 0 Å². The van der Waals surface area contributed by atoms with Gasteiger partial charge in [0.15, 0.2) is 9.84 Å². The van der Waals surface area contributed by atoms with Crippen molar-refractivity contribution in [3.63, 3.8) is 0 Å². The molecule has 18 heavy (non-hydrogen) atoms. The molecule has 0 aliphatic rings. The number of nitrogens with zero attached hydrogens (tertiary/aromatic N) is 1. The first-order chi connectivity index (χ1) is 8.24. The SMILES string of the molecule is CC(C)(C)SCCS(=O)(=O)c1cccc(C#N)c1. The molecule has 0 amide bonds. The molecule has 0 aliphatic heterocycles. The summed E-state index contributed by atoms with van der Waals surface area (Å²) in [5.74, 6) is 0.659. The summed E-state index contributed by atoms with van der Waals surface area (Å²) < 4.78 is 24.2. The lowest BCUT2D eigenvalue weighted by Crippen LogP contribution is -2.14. The number of nitriles is 1. The van der Waals surface area contributed by atoms with Crippen molar-refractivity contribution in [3.8, 4) is 6.07 Å². The maximum atomic E-state index is 12.1. The van der Waals surface area contributed by atoms with Crippen LogP contribution in [-0.4, -0.2) is 24.7 Å². The van der Waals surface area contributed by atoms with E-state index in [4.69, 9.17) is 5.26 Å². The van der Waals surface area contributed by atoms with Crippen LogP contribution in [0.1, 0.15) is 26.3 Å². The van der Waals surface area contributed by atoms with E-state index in [2.05, 4.69) is 20.8 Å². The summed E-state index contributed by atoms with van der Waals surface area (Å²) in [5, 5.41) is 8.76. The molecule has 0 unspecified atom stereocenters. The first-order valence-corrected chi connectivity index (χ1v) is 8.25. The van der Waals surface area contributed by atoms with Gasteiger partial charge in [-0.15, -0.1) is 0 Å². The van der Waals surface area contributed by atoms with E-state index in [-0.39, 0.29) is 15.4 Å². The van der Waals surface area contributed by atoms with Crippen molar-refractivity contribution in [1.82, 2.24) is 0 Å². The quantitative estimate of drug-likeness (QED) is 0.852. The monoisotopic (exact) mass is 283 g/mol. The summed E-state index contributed by atoms with van der Waals surface area (Å²) >= 11 is 1.62. The first-order valence-electron chi connectivity index (χ1n) is 5.61. The maximum Gasteiger partial charge on any atom is 0.179 e. The number of hydrogen-bond donors (Lipinski definition) is 0. The summed E-state index contributed by atoms with van der Waals surface area (Å²) in [7, 11) is -3.29. The van der Waals surface area contributed by atoms with Crippen molar-refractivity contribution in [2.75, 3.05) is 11.5 Å². The van der Waals surface area contributed by atoms with E-state index in [1.54, 1.807) is 23.9 Å². The fourth-order valence-corrected chi connectivity index (χ4v) is 3.99. The minimum atomic E-state index is -3.29. The van der Waals surface area contributed by atoms with Gasteiger partial charge in [-0.3, -0.25) is 0 Å². The zero-order chi connectivity index (χ0) is 13.8. The van der Waals surface area contributed by atoms with Crippen LogP contribution in [0.2, 0.25) is 0 Å². The molecule has 0 fully saturated rings. The third-order valence-electron chi connectivity index (χ3n) is 2.21. The van der Waals surface area contributed by atoms with Crippen molar-refractivity contribution < 1.29 is 8.42 Å². The zero-order valence-electron chi connectivity index (χ0n) is 10.8. The highest BCUT2D eigenvalue weighted by Gasteiger charge is 2.17. The lowest BCUT2D eigenvalue weighted by Gasteiger charge is -2.17. The lowest BCUT2D eigenvalue weighted by atomic mass is 10.2. The van der Waals surface area contributed by atoms with E-state index >= 15 is 0 Å². The predicted octanol–water partition coefficient (Wildman–Crippen LogP) is 2.86. The second-order valence-corrected chi connectivity index (χ2v) is 8.95. The molecule has 0 aliphatic carbocycles. The Labute approximate surface area is 113 Å². The highest BCUT2D eigenvalue weighted by atomic mass is 32.2. The van der Waals surface area contributed by atoms with Gasteiger partial charge in [-0.2, -0.15) is 17.0 Å². The highest BCUT2D eigenvalue weighted by molar-refractivity contribution is 8.01. The molecule has 1 aromatic carbocycles. The second kappa shape index (κ2) is 5.77. The Balaban J connectivity index is 2.78. The van der Waals surface area contributed by atoms with Crippen LogP contribution in [0.25, 0.3) is 0 Å². The molecule has 0 spiro atoms. The molecule has 3 nitrogen and oxygen atoms in total. The minimum Gasteiger partial charge on any atom is -0.224 e. The third kappa shape index (κ3) is 4.71. The van der Waals surface area contributed by atoms with Crippen LogP contribution in [0.15, 0.2) is 29.2 Å². The molecule has 0 bridgehead atoms. The fourth-order valence-electron chi connectivity index (χ4n) is 1.33. The van der Waals surface area contributed by atoms with E-state index in [1.165, 1.54) is 12.1 Å². The van der Waals surface area contributed by atoms with Gasteiger partial charge in [0.2, 0.25) is 0 Å². The van der Waals surface area contributed by atoms with Gasteiger partial charge in [0.25, 0.3) is 0 Å². The average molecular weight is 283 g/mol. The van der Waals surface area contributed by atoms with E-state index < -0.39 is 9.84 Å². The van der Waals surface area contributed by atoms with Gasteiger partial charge in [0.05, 0.1) is 22.3 Å². The van der Waals surface area contributed by atoms with Crippen LogP contribution in [0.5, 0.6) is 0 Å². The highest BCUT2D eigenvalue weighted by Crippen LogP contribution is 2.24. The van der Waals surface area contributed by atoms with Gasteiger partial charge in [0, 0.05) is 10.5 Å². The van der Waals surface area contributed by atoms with Crippen LogP contribution >= 0.6 is 11.8 Å². The Kier molecular flexibility index (Phi) is 4.83. The molecule has 1 rings (SSSR count). The van der Waals surface area contributed by atoms with Crippen molar-refractivity contribution in [2.45, 2.75) is 30.4 Å². The molecule has 0 N–H and O–H groups in total. The van der Waals surface area contributed by atoms with Gasteiger partial charge in [-0.05, 0) is 18.2 Å². The maximum absolute atomic E-state index is 12.1. The number of rotatable bonds is 4. The summed E-state index contributed by atoms with van der Waals surface area (Å²) in [4.78, 5) is 0.232. The van der Waals surface area contributed by atoms with Gasteiger partial charge >= 0.3 is 0 Å². The van der Waals surface area contributed by atoms with E-state index in [1.807, 2.05) is 6.07 Å². The van der Waals surface area contributed by atoms with Crippen LogP contribution < -0.4 is 0 Å². The summed E-state index contributed by atoms with van der Waals surface area (Å²) in [6.45, 7) is 6.17. The number of sulfone groups is 1. The number of hydrogen-bond acceptors (Lipinski definition) is 4. The van der Waals surface area contributed by atoms with Gasteiger partial charge < -0.3 is 0 Å². The van der Waals surface area contributed by atoms with Crippen LogP contribution in [0, 0.1) is 11.3 Å². The molecular formula is C13H17NO2S2. The van der Waals surface area contributed by atoms with Gasteiger partial charge in [0.1, 0.15) is 0 Å². The zero-order valence-corrected chi connectivity index (χ0v) is 12.4. The molecule has 98 valence electrons. The summed E-state index contributed by atoms with van der Waals surface area (Å²) in [6.07, 6.45) is 0. The van der Waals surface area contributed by atoms with E-state index in [9.17, 15) is 8.42 Å². The molecule has 0 heterocycles. The Morgan fingerprint density at radius 2 is 2.00 bits per heavy atom. The Morgan fingerprint density at radius 1 is 1.33 bits per heavy atom. The number of benzene rings is 1. The van der Waals surface area contributed by atoms with Gasteiger partial charge in [-0.1, -0.05) is 26.8 Å². The molecule has 0 saturated heterocycles. The summed E-state index contributed by atoms with van der Waals surface area (Å²) in [5.41, 5.74) is 0.375. The number of thioether (sulfide) groups is 1. The van der Waals surface area contributed by atoms with Crippen LogP contribution in [-0.2, 0) is 9.84 Å². The Morgan fingerprint density at radius 3 is 2.56 bits per heavy atom. The Hall–Kier alpha value is -0.990. The lowest BCUT2D eigenvalue weighted by molar-refractivity contribution is 0.597. The van der Waals surface area contributed by atoms with Crippen LogP contribution in [0.4, 0.5) is 0 Å². The topological polar surface area (TPSA) is 57.9 Å². The largest absolute Gasteiger partial charge is 0.224 e. The standard InChI is InChI=1S/C13H17NO2S2/c1-13(2,3)17-7-8-18(15,16)12-6-4-5-11(9-12)10-14/h4-6,9H,7-8H2,1-3H3. The van der Waals surface area contributed by atoms with Crippen molar-refractivity contribution >= 4 is 21.6 Å². The van der Waals surface area contributed by atoms with Crippen molar-refractivity contribution in [1.29, 1.82) is 5.26 Å². The van der Waals surface area contributed by atoms with Gasteiger partial charge in [-0.25, -0.2) is 8.42 Å². The van der Waals surface area contributed by atoms with E-state index in [0.29, 0.717) is 11.3 Å². The minimum absolute atomic E-state index is 0.0595. The molecule has 1 aromatic rings. The second-order valence-electron chi connectivity index (χ2n) is 4.92. The van der Waals surface area contributed by atoms with Crippen molar-refractivity contribution in [3.05, 3.63) is 29.8 Å². The van der Waals surface area contributed by atoms with Crippen molar-refractivity contribution in [2.24, 2.45) is 0 Å². The van der Waals surface area contributed by atoms with Crippen LogP contribution in [0.3, 0.4) is 0 Å². The molecule has 0 saturated carbocycles. The fraction of sp³-hybridized carbons (Fsp3) is 0.462. The molecular weight excluding hydrogens is 266 g/mol. The summed E-state index contributed by atoms with van der Waals surface area (Å²) in [6, 6.07) is 8.12. The predicted molar refractivity (Wildman–Crippen MR) is 75.4 cm³/mol. The molecule has 0 radical (unpaired) electrons. The average Bonchev–Trinajstić information content (AvgIpc) is 2.27. The first kappa shape index (κ1) is 15.1.